The first kappa shape index (κ1) is 16.4. The lowest BCUT2D eigenvalue weighted by Gasteiger charge is -2.43. The van der Waals surface area contributed by atoms with Crippen LogP contribution in [0.1, 0.15) is 37.7 Å². The molecule has 0 amide bonds. The smallest absolute Gasteiger partial charge is 0.123 e. The first-order valence-electron chi connectivity index (χ1n) is 8.32. The number of halogens is 1. The Balaban J connectivity index is 2.02. The summed E-state index contributed by atoms with van der Waals surface area (Å²) in [4.78, 5) is 7.34. The van der Waals surface area contributed by atoms with E-state index in [-0.39, 0.29) is 29.8 Å². The quantitative estimate of drug-likeness (QED) is 0.685. The molecule has 5 atom stereocenters. The minimum absolute atomic E-state index is 0.0395. The third kappa shape index (κ3) is 2.88. The van der Waals surface area contributed by atoms with E-state index >= 15 is 0 Å². The monoisotopic (exact) mass is 320 g/mol. The van der Waals surface area contributed by atoms with Crippen LogP contribution in [-0.2, 0) is 4.84 Å². The van der Waals surface area contributed by atoms with Gasteiger partial charge in [0.1, 0.15) is 12.9 Å². The zero-order chi connectivity index (χ0) is 16.6. The number of hydrogen-bond acceptors (Lipinski definition) is 4. The molecule has 23 heavy (non-hydrogen) atoms. The Morgan fingerprint density at radius 2 is 2.04 bits per heavy atom. The molecule has 1 aromatic rings. The summed E-state index contributed by atoms with van der Waals surface area (Å²) in [6.45, 7) is 2.06. The first-order chi connectivity index (χ1) is 11.1. The van der Waals surface area contributed by atoms with Crippen LogP contribution in [0.4, 0.5) is 4.39 Å². The fourth-order valence-electron chi connectivity index (χ4n) is 4.49. The van der Waals surface area contributed by atoms with Crippen LogP contribution in [0, 0.1) is 11.7 Å². The van der Waals surface area contributed by atoms with E-state index in [4.69, 9.17) is 4.84 Å². The molecule has 0 spiro atoms. The highest BCUT2D eigenvalue weighted by Crippen LogP contribution is 2.47. The van der Waals surface area contributed by atoms with Gasteiger partial charge in [-0.2, -0.15) is 0 Å². The number of piperidine rings is 1. The average Bonchev–Trinajstić information content (AvgIpc) is 2.72. The van der Waals surface area contributed by atoms with Crippen LogP contribution in [0.25, 0.3) is 0 Å². The van der Waals surface area contributed by atoms with Crippen molar-refractivity contribution < 1.29 is 14.3 Å². The lowest BCUT2D eigenvalue weighted by molar-refractivity contribution is 0.0694. The standard InChI is InChI=1S/C18H25FN2O2/c1-4-15(20-23-3)17-14(11-5-7-12(19)8-6-11)9-13-10-16(22)18(17)21(13)2/h5-8,13-14,16-18,22H,4,9-10H2,1-3H3/t13?,14-,16?,17-,18+/m1/s1. The molecule has 0 aromatic heterocycles. The van der Waals surface area contributed by atoms with E-state index < -0.39 is 0 Å². The fraction of sp³-hybridized carbons (Fsp3) is 0.611. The summed E-state index contributed by atoms with van der Waals surface area (Å²) in [5.41, 5.74) is 2.09. The summed E-state index contributed by atoms with van der Waals surface area (Å²) in [5.74, 6) is 0.0967. The van der Waals surface area contributed by atoms with Gasteiger partial charge in [0.25, 0.3) is 0 Å². The van der Waals surface area contributed by atoms with Gasteiger partial charge in [0.2, 0.25) is 0 Å². The van der Waals surface area contributed by atoms with Crippen LogP contribution in [0.2, 0.25) is 0 Å². The van der Waals surface area contributed by atoms with Crippen LogP contribution in [-0.4, -0.2) is 48.1 Å². The summed E-state index contributed by atoms with van der Waals surface area (Å²) in [6, 6.07) is 7.17. The zero-order valence-corrected chi connectivity index (χ0v) is 13.9. The van der Waals surface area contributed by atoms with Gasteiger partial charge in [0.15, 0.2) is 0 Å². The average molecular weight is 320 g/mol. The highest BCUT2D eigenvalue weighted by Gasteiger charge is 2.52. The molecule has 2 aliphatic heterocycles. The highest BCUT2D eigenvalue weighted by molar-refractivity contribution is 5.88. The van der Waals surface area contributed by atoms with Crippen LogP contribution in [0.15, 0.2) is 29.4 Å². The number of benzene rings is 1. The number of fused-ring (bicyclic) bond motifs is 2. The molecule has 3 rings (SSSR count). The number of likely N-dealkylation sites (N-methyl/N-ethyl adjacent to an activating group) is 1. The van der Waals surface area contributed by atoms with Gasteiger partial charge in [0, 0.05) is 18.0 Å². The van der Waals surface area contributed by atoms with Crippen molar-refractivity contribution in [1.82, 2.24) is 4.90 Å². The Morgan fingerprint density at radius 1 is 1.35 bits per heavy atom. The van der Waals surface area contributed by atoms with Gasteiger partial charge in [0.05, 0.1) is 11.8 Å². The summed E-state index contributed by atoms with van der Waals surface area (Å²) in [5, 5.41) is 14.8. The van der Waals surface area contributed by atoms with Crippen molar-refractivity contribution in [2.45, 2.75) is 50.3 Å². The molecule has 0 radical (unpaired) electrons. The maximum Gasteiger partial charge on any atom is 0.123 e. The topological polar surface area (TPSA) is 45.1 Å². The summed E-state index contributed by atoms with van der Waals surface area (Å²) >= 11 is 0. The lowest BCUT2D eigenvalue weighted by atomic mass is 9.73. The molecule has 2 heterocycles. The number of oxime groups is 1. The molecule has 5 heteroatoms. The van der Waals surface area contributed by atoms with Gasteiger partial charge in [-0.1, -0.05) is 24.2 Å². The Kier molecular flexibility index (Phi) is 4.69. The van der Waals surface area contributed by atoms with Crippen molar-refractivity contribution in [3.8, 4) is 0 Å². The third-order valence-electron chi connectivity index (χ3n) is 5.54. The zero-order valence-electron chi connectivity index (χ0n) is 13.9. The van der Waals surface area contributed by atoms with Crippen LogP contribution >= 0.6 is 0 Å². The maximum atomic E-state index is 13.3. The van der Waals surface area contributed by atoms with Gasteiger partial charge in [-0.05, 0) is 49.9 Å². The second kappa shape index (κ2) is 6.57. The van der Waals surface area contributed by atoms with E-state index in [2.05, 4.69) is 24.0 Å². The molecular formula is C18H25FN2O2. The Hall–Kier alpha value is -1.46. The molecule has 1 aromatic carbocycles. The molecule has 126 valence electrons. The molecule has 2 saturated heterocycles. The first-order valence-corrected chi connectivity index (χ1v) is 8.32. The van der Waals surface area contributed by atoms with E-state index in [0.717, 1.165) is 30.5 Å². The van der Waals surface area contributed by atoms with Gasteiger partial charge in [-0.15, -0.1) is 0 Å². The van der Waals surface area contributed by atoms with Crippen LogP contribution < -0.4 is 0 Å². The van der Waals surface area contributed by atoms with Crippen molar-refractivity contribution in [1.29, 1.82) is 0 Å². The third-order valence-corrected chi connectivity index (χ3v) is 5.54. The highest BCUT2D eigenvalue weighted by atomic mass is 19.1. The van der Waals surface area contributed by atoms with Crippen LogP contribution in [0.3, 0.4) is 0 Å². The molecule has 1 N–H and O–H groups in total. The summed E-state index contributed by atoms with van der Waals surface area (Å²) < 4.78 is 13.3. The maximum absolute atomic E-state index is 13.3. The molecule has 4 nitrogen and oxygen atoms in total. The minimum Gasteiger partial charge on any atom is -0.399 e. The number of rotatable bonds is 4. The Labute approximate surface area is 136 Å². The van der Waals surface area contributed by atoms with Crippen molar-refractivity contribution in [2.75, 3.05) is 14.2 Å². The predicted octanol–water partition coefficient (Wildman–Crippen LogP) is 2.78. The van der Waals surface area contributed by atoms with E-state index in [1.54, 1.807) is 7.11 Å². The second-order valence-corrected chi connectivity index (χ2v) is 6.65. The van der Waals surface area contributed by atoms with Gasteiger partial charge >= 0.3 is 0 Å². The number of hydrogen-bond donors (Lipinski definition) is 1. The van der Waals surface area contributed by atoms with E-state index in [1.807, 2.05) is 12.1 Å². The molecule has 2 aliphatic rings. The predicted molar refractivity (Wildman–Crippen MR) is 87.9 cm³/mol. The largest absolute Gasteiger partial charge is 0.399 e. The number of aliphatic hydroxyl groups excluding tert-OH is 1. The molecule has 2 unspecified atom stereocenters. The molecular weight excluding hydrogens is 295 g/mol. The summed E-state index contributed by atoms with van der Waals surface area (Å²) in [6.07, 6.45) is 2.16. The Morgan fingerprint density at radius 3 is 2.65 bits per heavy atom. The molecule has 0 saturated carbocycles. The van der Waals surface area contributed by atoms with Crippen LogP contribution in [0.5, 0.6) is 0 Å². The van der Waals surface area contributed by atoms with E-state index in [1.165, 1.54) is 12.1 Å². The Bertz CT molecular complexity index is 575. The van der Waals surface area contributed by atoms with Gasteiger partial charge < -0.3 is 9.94 Å². The van der Waals surface area contributed by atoms with Gasteiger partial charge in [-0.3, -0.25) is 4.90 Å². The fourth-order valence-corrected chi connectivity index (χ4v) is 4.49. The lowest BCUT2D eigenvalue weighted by Crippen LogP contribution is -2.51. The van der Waals surface area contributed by atoms with Crippen molar-refractivity contribution in [3.63, 3.8) is 0 Å². The van der Waals surface area contributed by atoms with Crippen molar-refractivity contribution >= 4 is 5.71 Å². The van der Waals surface area contributed by atoms with E-state index in [9.17, 15) is 9.50 Å². The van der Waals surface area contributed by atoms with Crippen molar-refractivity contribution in [2.24, 2.45) is 11.1 Å². The van der Waals surface area contributed by atoms with E-state index in [0.29, 0.717) is 6.04 Å². The van der Waals surface area contributed by atoms with Crippen molar-refractivity contribution in [3.05, 3.63) is 35.6 Å². The second-order valence-electron chi connectivity index (χ2n) is 6.65. The minimum atomic E-state index is -0.353. The number of nitrogens with zero attached hydrogens (tertiary/aromatic N) is 2. The number of aliphatic hydroxyl groups is 1. The molecule has 2 fully saturated rings. The van der Waals surface area contributed by atoms with Gasteiger partial charge in [-0.25, -0.2) is 4.39 Å². The summed E-state index contributed by atoms with van der Waals surface area (Å²) in [7, 11) is 3.64. The molecule has 0 aliphatic carbocycles. The SMILES string of the molecule is CCC(=NOC)[C@H]1[C@@H](c2ccc(F)cc2)CC2CC(O)[C@@H]1N2C. The molecule has 2 bridgehead atoms. The normalized spacial score (nSPS) is 34.7.